The highest BCUT2D eigenvalue weighted by atomic mass is 35.5. The normalized spacial score (nSPS) is 10.3. The quantitative estimate of drug-likeness (QED) is 0.659. The molecule has 2 aromatic rings. The molecular formula is C19H21Cl2N3OS. The molecule has 0 bridgehead atoms. The summed E-state index contributed by atoms with van der Waals surface area (Å²) in [7, 11) is 0. The summed E-state index contributed by atoms with van der Waals surface area (Å²) in [4.78, 5) is 14.6. The van der Waals surface area contributed by atoms with Gasteiger partial charge in [0.05, 0.1) is 10.6 Å². The highest BCUT2D eigenvalue weighted by Crippen LogP contribution is 2.23. The maximum atomic E-state index is 12.3. The number of thiocarbonyl (C=S) groups is 1. The minimum Gasteiger partial charge on any atom is -0.372 e. The molecule has 0 aliphatic rings. The van der Waals surface area contributed by atoms with Crippen LogP contribution in [-0.2, 0) is 0 Å². The first-order chi connectivity index (χ1) is 12.3. The van der Waals surface area contributed by atoms with Gasteiger partial charge in [0.2, 0.25) is 0 Å². The van der Waals surface area contributed by atoms with E-state index in [1.807, 2.05) is 19.1 Å². The van der Waals surface area contributed by atoms with E-state index in [0.717, 1.165) is 30.0 Å². The molecule has 2 aromatic carbocycles. The fraction of sp³-hybridized carbons (Fsp3) is 0.263. The molecule has 2 rings (SSSR count). The Morgan fingerprint density at radius 2 is 1.81 bits per heavy atom. The first-order valence-corrected chi connectivity index (χ1v) is 9.45. The van der Waals surface area contributed by atoms with Crippen LogP contribution >= 0.6 is 35.4 Å². The summed E-state index contributed by atoms with van der Waals surface area (Å²) in [6.45, 7) is 8.12. The predicted molar refractivity (Wildman–Crippen MR) is 115 cm³/mol. The maximum absolute atomic E-state index is 12.3. The Balaban J connectivity index is 2.08. The van der Waals surface area contributed by atoms with E-state index >= 15 is 0 Å². The zero-order valence-electron chi connectivity index (χ0n) is 14.9. The zero-order chi connectivity index (χ0) is 19.3. The van der Waals surface area contributed by atoms with Crippen LogP contribution in [0.2, 0.25) is 10.0 Å². The summed E-state index contributed by atoms with van der Waals surface area (Å²) in [5.74, 6) is -0.410. The Bertz CT molecular complexity index is 822. The summed E-state index contributed by atoms with van der Waals surface area (Å²) in [5, 5.41) is 6.62. The Kier molecular flexibility index (Phi) is 7.26. The minimum atomic E-state index is -0.410. The number of rotatable bonds is 5. The number of benzene rings is 2. The lowest BCUT2D eigenvalue weighted by molar-refractivity contribution is 0.0978. The van der Waals surface area contributed by atoms with E-state index in [-0.39, 0.29) is 10.7 Å². The number of nitrogens with zero attached hydrogens (tertiary/aromatic N) is 1. The van der Waals surface area contributed by atoms with E-state index in [1.54, 1.807) is 12.1 Å². The molecule has 7 heteroatoms. The van der Waals surface area contributed by atoms with Crippen molar-refractivity contribution in [2.24, 2.45) is 0 Å². The third-order valence-electron chi connectivity index (χ3n) is 3.99. The highest BCUT2D eigenvalue weighted by molar-refractivity contribution is 7.80. The van der Waals surface area contributed by atoms with Gasteiger partial charge in [0, 0.05) is 29.5 Å². The smallest absolute Gasteiger partial charge is 0.258 e. The molecule has 4 nitrogen and oxygen atoms in total. The molecule has 1 amide bonds. The monoisotopic (exact) mass is 409 g/mol. The summed E-state index contributed by atoms with van der Waals surface area (Å²) in [6, 6.07) is 10.8. The molecule has 0 saturated heterocycles. The van der Waals surface area contributed by atoms with E-state index in [9.17, 15) is 4.79 Å². The number of carbonyl (C=O) groups excluding carboxylic acids is 1. The second-order valence-electron chi connectivity index (χ2n) is 5.70. The molecule has 2 N–H and O–H groups in total. The van der Waals surface area contributed by atoms with E-state index in [1.165, 1.54) is 6.07 Å². The minimum absolute atomic E-state index is 0.199. The van der Waals surface area contributed by atoms with Crippen LogP contribution in [0, 0.1) is 6.92 Å². The van der Waals surface area contributed by atoms with Crippen LogP contribution in [-0.4, -0.2) is 24.1 Å². The lowest BCUT2D eigenvalue weighted by Gasteiger charge is -2.22. The van der Waals surface area contributed by atoms with Crippen molar-refractivity contribution in [1.29, 1.82) is 0 Å². The summed E-state index contributed by atoms with van der Waals surface area (Å²) < 4.78 is 0. The van der Waals surface area contributed by atoms with Crippen molar-refractivity contribution < 1.29 is 4.79 Å². The number of carbonyl (C=O) groups is 1. The SMILES string of the molecule is CCN(CC)c1ccc(NC(=S)NC(=O)c2cc(Cl)ccc2Cl)c(C)c1. The number of aryl methyl sites for hydroxylation is 1. The van der Waals surface area contributed by atoms with Gasteiger partial charge in [-0.25, -0.2) is 0 Å². The number of amides is 1. The van der Waals surface area contributed by atoms with Gasteiger partial charge in [-0.1, -0.05) is 23.2 Å². The van der Waals surface area contributed by atoms with E-state index < -0.39 is 5.91 Å². The van der Waals surface area contributed by atoms with Gasteiger partial charge >= 0.3 is 0 Å². The van der Waals surface area contributed by atoms with Gasteiger partial charge in [0.15, 0.2) is 5.11 Å². The predicted octanol–water partition coefficient (Wildman–Crippen LogP) is 5.27. The van der Waals surface area contributed by atoms with Gasteiger partial charge in [-0.15, -0.1) is 0 Å². The van der Waals surface area contributed by atoms with Crippen molar-refractivity contribution in [3.05, 3.63) is 57.6 Å². The molecule has 0 aliphatic heterocycles. The van der Waals surface area contributed by atoms with Crippen LogP contribution in [0.3, 0.4) is 0 Å². The molecule has 0 heterocycles. The van der Waals surface area contributed by atoms with Crippen LogP contribution in [0.1, 0.15) is 29.8 Å². The van der Waals surface area contributed by atoms with Gasteiger partial charge in [-0.2, -0.15) is 0 Å². The average Bonchev–Trinajstić information content (AvgIpc) is 2.60. The first kappa shape index (κ1) is 20.5. The van der Waals surface area contributed by atoms with Crippen LogP contribution in [0.25, 0.3) is 0 Å². The number of halogens is 2. The molecule has 0 spiro atoms. The fourth-order valence-corrected chi connectivity index (χ4v) is 3.15. The van der Waals surface area contributed by atoms with E-state index in [2.05, 4.69) is 35.4 Å². The molecule has 0 aromatic heterocycles. The Morgan fingerprint density at radius 1 is 1.12 bits per heavy atom. The van der Waals surface area contributed by atoms with Crippen molar-refractivity contribution in [3.8, 4) is 0 Å². The van der Waals surface area contributed by atoms with Crippen LogP contribution < -0.4 is 15.5 Å². The maximum Gasteiger partial charge on any atom is 0.258 e. The van der Waals surface area contributed by atoms with E-state index in [4.69, 9.17) is 35.4 Å². The molecule has 0 radical (unpaired) electrons. The average molecular weight is 410 g/mol. The number of hydrogen-bond donors (Lipinski definition) is 2. The van der Waals surface area contributed by atoms with Gasteiger partial charge < -0.3 is 10.2 Å². The second kappa shape index (κ2) is 9.21. The first-order valence-electron chi connectivity index (χ1n) is 8.28. The lowest BCUT2D eigenvalue weighted by atomic mass is 10.1. The lowest BCUT2D eigenvalue weighted by Crippen LogP contribution is -2.34. The van der Waals surface area contributed by atoms with Gasteiger partial charge in [0.1, 0.15) is 0 Å². The van der Waals surface area contributed by atoms with Crippen LogP contribution in [0.5, 0.6) is 0 Å². The van der Waals surface area contributed by atoms with Crippen molar-refractivity contribution >= 4 is 57.8 Å². The zero-order valence-corrected chi connectivity index (χ0v) is 17.2. The molecular weight excluding hydrogens is 389 g/mol. The fourth-order valence-electron chi connectivity index (χ4n) is 2.57. The molecule has 0 aliphatic carbocycles. The van der Waals surface area contributed by atoms with Crippen molar-refractivity contribution in [2.45, 2.75) is 20.8 Å². The van der Waals surface area contributed by atoms with Gasteiger partial charge in [0.25, 0.3) is 5.91 Å². The third kappa shape index (κ3) is 5.10. The Labute approximate surface area is 169 Å². The summed E-state index contributed by atoms with van der Waals surface area (Å²) in [6.07, 6.45) is 0. The summed E-state index contributed by atoms with van der Waals surface area (Å²) in [5.41, 5.74) is 3.30. The molecule has 138 valence electrons. The van der Waals surface area contributed by atoms with Crippen LogP contribution in [0.15, 0.2) is 36.4 Å². The highest BCUT2D eigenvalue weighted by Gasteiger charge is 2.13. The number of hydrogen-bond acceptors (Lipinski definition) is 3. The Hall–Kier alpha value is -1.82. The van der Waals surface area contributed by atoms with Gasteiger partial charge in [-0.3, -0.25) is 10.1 Å². The largest absolute Gasteiger partial charge is 0.372 e. The summed E-state index contributed by atoms with van der Waals surface area (Å²) >= 11 is 17.2. The van der Waals surface area contributed by atoms with Crippen LogP contribution in [0.4, 0.5) is 11.4 Å². The third-order valence-corrected chi connectivity index (χ3v) is 4.76. The number of anilines is 2. The number of nitrogens with one attached hydrogen (secondary N) is 2. The standard InChI is InChI=1S/C19H21Cl2N3OS/c1-4-24(5-2)14-7-9-17(12(3)10-14)22-19(26)23-18(25)15-11-13(20)6-8-16(15)21/h6-11H,4-5H2,1-3H3,(H2,22,23,25,26). The van der Waals surface area contributed by atoms with Gasteiger partial charge in [-0.05, 0) is 75.0 Å². The molecule has 0 unspecified atom stereocenters. The second-order valence-corrected chi connectivity index (χ2v) is 6.96. The molecule has 0 atom stereocenters. The Morgan fingerprint density at radius 3 is 2.42 bits per heavy atom. The van der Waals surface area contributed by atoms with E-state index in [0.29, 0.717) is 10.0 Å². The van der Waals surface area contributed by atoms with Crippen molar-refractivity contribution in [1.82, 2.24) is 5.32 Å². The van der Waals surface area contributed by atoms with Crippen molar-refractivity contribution in [2.75, 3.05) is 23.3 Å². The topological polar surface area (TPSA) is 44.4 Å². The molecule has 26 heavy (non-hydrogen) atoms. The van der Waals surface area contributed by atoms with Crippen molar-refractivity contribution in [3.63, 3.8) is 0 Å². The molecule has 0 fully saturated rings. The molecule has 0 saturated carbocycles.